The zero-order chi connectivity index (χ0) is 10.7. The molecule has 0 bridgehead atoms. The predicted molar refractivity (Wildman–Crippen MR) is 54.7 cm³/mol. The molecule has 0 saturated heterocycles. The van der Waals surface area contributed by atoms with Crippen molar-refractivity contribution < 1.29 is 9.53 Å². The molecule has 0 amide bonds. The number of methoxy groups -OCH3 is 1. The molecule has 0 saturated carbocycles. The predicted octanol–water partition coefficient (Wildman–Crippen LogP) is 1.94. The molecule has 74 valence electrons. The van der Waals surface area contributed by atoms with Crippen LogP contribution in [-0.4, -0.2) is 23.4 Å². The summed E-state index contributed by atoms with van der Waals surface area (Å²) in [6.07, 6.45) is 0.374. The number of carbonyl (C=O) groups excluding carboxylic acids is 1. The van der Waals surface area contributed by atoms with Crippen LogP contribution in [0.4, 0.5) is 0 Å². The van der Waals surface area contributed by atoms with E-state index >= 15 is 0 Å². The Bertz CT molecular complexity index is 240. The Kier molecular flexibility index (Phi) is 3.80. The largest absolute Gasteiger partial charge is 0.468 e. The number of esters is 1. The topological polar surface area (TPSA) is 30.7 Å². The van der Waals surface area contributed by atoms with Crippen LogP contribution in [0.2, 0.25) is 0 Å². The van der Waals surface area contributed by atoms with Crippen LogP contribution in [0.3, 0.4) is 0 Å². The first-order chi connectivity index (χ1) is 5.75. The summed E-state index contributed by atoms with van der Waals surface area (Å²) in [5, 5.41) is 0. The quantitative estimate of drug-likeness (QED) is 0.430. The Labute approximate surface area is 84.7 Å². The van der Waals surface area contributed by atoms with E-state index in [1.54, 1.807) is 20.8 Å². The highest BCUT2D eigenvalue weighted by Gasteiger charge is 2.40. The third-order valence-corrected chi connectivity index (χ3v) is 2.05. The van der Waals surface area contributed by atoms with Gasteiger partial charge in [0.1, 0.15) is 4.75 Å². The van der Waals surface area contributed by atoms with E-state index in [1.807, 2.05) is 0 Å². The van der Waals surface area contributed by atoms with Gasteiger partial charge in [0.15, 0.2) is 0 Å². The number of hydrogen-bond donors (Lipinski definition) is 1. The third kappa shape index (κ3) is 3.69. The standard InChI is InChI=1S/C9H15NO2S/c1-8(2,10-4)6-9(3,13)7(11)12-5/h13H,6H2,1-3,5H3. The lowest BCUT2D eigenvalue weighted by Crippen LogP contribution is -2.37. The summed E-state index contributed by atoms with van der Waals surface area (Å²) < 4.78 is 3.70. The zero-order valence-corrected chi connectivity index (χ0v) is 9.31. The van der Waals surface area contributed by atoms with Gasteiger partial charge in [-0.3, -0.25) is 4.79 Å². The molecule has 0 aliphatic rings. The van der Waals surface area contributed by atoms with E-state index in [-0.39, 0.29) is 0 Å². The van der Waals surface area contributed by atoms with E-state index in [4.69, 9.17) is 6.57 Å². The normalized spacial score (nSPS) is 15.7. The number of carbonyl (C=O) groups is 1. The molecule has 0 aliphatic carbocycles. The van der Waals surface area contributed by atoms with Gasteiger partial charge in [-0.25, -0.2) is 6.57 Å². The molecular weight excluding hydrogens is 186 g/mol. The number of thiol groups is 1. The van der Waals surface area contributed by atoms with Crippen LogP contribution in [0, 0.1) is 6.57 Å². The van der Waals surface area contributed by atoms with E-state index in [2.05, 4.69) is 22.2 Å². The van der Waals surface area contributed by atoms with Crippen molar-refractivity contribution in [2.45, 2.75) is 37.5 Å². The zero-order valence-electron chi connectivity index (χ0n) is 8.42. The van der Waals surface area contributed by atoms with Crippen LogP contribution in [0.25, 0.3) is 4.85 Å². The molecule has 1 unspecified atom stereocenters. The van der Waals surface area contributed by atoms with Gasteiger partial charge in [0.2, 0.25) is 5.54 Å². The van der Waals surface area contributed by atoms with Crippen molar-refractivity contribution in [1.82, 2.24) is 0 Å². The summed E-state index contributed by atoms with van der Waals surface area (Å²) in [7, 11) is 1.32. The molecule has 0 aromatic heterocycles. The fourth-order valence-electron chi connectivity index (χ4n) is 1.17. The van der Waals surface area contributed by atoms with E-state index in [0.29, 0.717) is 6.42 Å². The second kappa shape index (κ2) is 4.01. The molecule has 0 aliphatic heterocycles. The van der Waals surface area contributed by atoms with Gasteiger partial charge in [0.25, 0.3) is 0 Å². The summed E-state index contributed by atoms with van der Waals surface area (Å²) in [6.45, 7) is 12.1. The molecule has 1 atom stereocenters. The average molecular weight is 201 g/mol. The molecule has 4 heteroatoms. The average Bonchev–Trinajstić information content (AvgIpc) is 2.01. The summed E-state index contributed by atoms with van der Waals surface area (Å²) in [5.41, 5.74) is -0.579. The molecule has 13 heavy (non-hydrogen) atoms. The van der Waals surface area contributed by atoms with Crippen molar-refractivity contribution in [2.24, 2.45) is 0 Å². The van der Waals surface area contributed by atoms with E-state index in [9.17, 15) is 4.79 Å². The fourth-order valence-corrected chi connectivity index (χ4v) is 1.65. The van der Waals surface area contributed by atoms with Crippen molar-refractivity contribution in [2.75, 3.05) is 7.11 Å². The highest BCUT2D eigenvalue weighted by Crippen LogP contribution is 2.29. The molecule has 0 aromatic rings. The molecule has 0 aromatic carbocycles. The summed E-state index contributed by atoms with van der Waals surface area (Å²) in [6, 6.07) is 0. The Morgan fingerprint density at radius 2 is 2.00 bits per heavy atom. The number of nitrogens with zero attached hydrogens (tertiary/aromatic N) is 1. The Morgan fingerprint density at radius 1 is 1.54 bits per heavy atom. The molecule has 0 radical (unpaired) electrons. The van der Waals surface area contributed by atoms with Crippen LogP contribution in [0.5, 0.6) is 0 Å². The minimum absolute atomic E-state index is 0.374. The molecule has 0 rings (SSSR count). The highest BCUT2D eigenvalue weighted by molar-refractivity contribution is 7.82. The first kappa shape index (κ1) is 12.3. The molecule has 3 nitrogen and oxygen atoms in total. The van der Waals surface area contributed by atoms with Crippen molar-refractivity contribution >= 4 is 18.6 Å². The van der Waals surface area contributed by atoms with Gasteiger partial charge < -0.3 is 9.58 Å². The molecule has 0 spiro atoms. The van der Waals surface area contributed by atoms with Gasteiger partial charge in [-0.1, -0.05) is 0 Å². The van der Waals surface area contributed by atoms with Crippen LogP contribution in [-0.2, 0) is 9.53 Å². The Hall–Kier alpha value is -0.690. The Morgan fingerprint density at radius 3 is 2.31 bits per heavy atom. The smallest absolute Gasteiger partial charge is 0.321 e. The van der Waals surface area contributed by atoms with Crippen LogP contribution in [0.15, 0.2) is 0 Å². The lowest BCUT2D eigenvalue weighted by atomic mass is 9.92. The summed E-state index contributed by atoms with van der Waals surface area (Å²) >= 11 is 4.19. The van der Waals surface area contributed by atoms with Crippen LogP contribution in [0.1, 0.15) is 27.2 Å². The second-order valence-corrected chi connectivity index (χ2v) is 4.85. The minimum Gasteiger partial charge on any atom is -0.468 e. The summed E-state index contributed by atoms with van der Waals surface area (Å²) in [5.74, 6) is -0.396. The first-order valence-electron chi connectivity index (χ1n) is 3.94. The van der Waals surface area contributed by atoms with Gasteiger partial charge in [-0.15, -0.1) is 0 Å². The van der Waals surface area contributed by atoms with Crippen molar-refractivity contribution in [3.05, 3.63) is 11.4 Å². The minimum atomic E-state index is -0.886. The van der Waals surface area contributed by atoms with Crippen molar-refractivity contribution in [1.29, 1.82) is 0 Å². The fraction of sp³-hybridized carbons (Fsp3) is 0.778. The molecular formula is C9H15NO2S. The van der Waals surface area contributed by atoms with Gasteiger partial charge in [0, 0.05) is 20.3 Å². The second-order valence-electron chi connectivity index (χ2n) is 3.87. The maximum atomic E-state index is 11.2. The van der Waals surface area contributed by atoms with Gasteiger partial charge in [0.05, 0.1) is 7.11 Å². The lowest BCUT2D eigenvalue weighted by molar-refractivity contribution is -0.143. The molecule has 0 heterocycles. The number of rotatable bonds is 3. The van der Waals surface area contributed by atoms with E-state index < -0.39 is 16.3 Å². The Balaban J connectivity index is 4.53. The number of hydrogen-bond acceptors (Lipinski definition) is 3. The molecule has 0 N–H and O–H groups in total. The summed E-state index contributed by atoms with van der Waals surface area (Å²) in [4.78, 5) is 14.6. The number of ether oxygens (including phenoxy) is 1. The maximum Gasteiger partial charge on any atom is 0.321 e. The van der Waals surface area contributed by atoms with Crippen LogP contribution >= 0.6 is 12.6 Å². The van der Waals surface area contributed by atoms with E-state index in [0.717, 1.165) is 0 Å². The van der Waals surface area contributed by atoms with Crippen LogP contribution < -0.4 is 0 Å². The molecule has 0 fully saturated rings. The first-order valence-corrected chi connectivity index (χ1v) is 4.39. The lowest BCUT2D eigenvalue weighted by Gasteiger charge is -2.23. The highest BCUT2D eigenvalue weighted by atomic mass is 32.1. The third-order valence-electron chi connectivity index (χ3n) is 1.70. The van der Waals surface area contributed by atoms with Gasteiger partial charge in [-0.2, -0.15) is 12.6 Å². The van der Waals surface area contributed by atoms with Crippen molar-refractivity contribution in [3.63, 3.8) is 0 Å². The SMILES string of the molecule is [C-]#[N+]C(C)(C)CC(C)(S)C(=O)OC. The van der Waals surface area contributed by atoms with Gasteiger partial charge in [-0.05, 0) is 6.92 Å². The van der Waals surface area contributed by atoms with Crippen molar-refractivity contribution in [3.8, 4) is 0 Å². The maximum absolute atomic E-state index is 11.2. The monoisotopic (exact) mass is 201 g/mol. The van der Waals surface area contributed by atoms with E-state index in [1.165, 1.54) is 7.11 Å². The van der Waals surface area contributed by atoms with Gasteiger partial charge >= 0.3 is 5.97 Å².